The van der Waals surface area contributed by atoms with E-state index in [-0.39, 0.29) is 0 Å². The summed E-state index contributed by atoms with van der Waals surface area (Å²) in [6, 6.07) is 6.23. The molecule has 1 heterocycles. The molecule has 6 nitrogen and oxygen atoms in total. The van der Waals surface area contributed by atoms with Crippen LogP contribution in [0.1, 0.15) is 17.5 Å². The Morgan fingerprint density at radius 3 is 2.86 bits per heavy atom. The molecule has 0 radical (unpaired) electrons. The molecule has 2 aromatic rings. The third-order valence-corrected chi connectivity index (χ3v) is 3.01. The summed E-state index contributed by atoms with van der Waals surface area (Å²) < 4.78 is 5.00. The number of aromatic nitrogens is 3. The molecule has 0 amide bonds. The molecule has 0 aliphatic heterocycles. The van der Waals surface area contributed by atoms with Crippen molar-refractivity contribution in [2.45, 2.75) is 20.3 Å². The molecule has 0 fully saturated rings. The number of methoxy groups -OCH3 is 1. The molecule has 0 aliphatic carbocycles. The summed E-state index contributed by atoms with van der Waals surface area (Å²) >= 11 is 0. The van der Waals surface area contributed by atoms with Crippen LogP contribution in [0.15, 0.2) is 24.4 Å². The van der Waals surface area contributed by atoms with Gasteiger partial charge < -0.3 is 15.4 Å². The number of nitrogens with zero attached hydrogens (tertiary/aromatic N) is 3. The van der Waals surface area contributed by atoms with Gasteiger partial charge in [-0.3, -0.25) is 0 Å². The van der Waals surface area contributed by atoms with Crippen LogP contribution in [-0.4, -0.2) is 35.4 Å². The van der Waals surface area contributed by atoms with E-state index in [0.717, 1.165) is 18.7 Å². The molecule has 0 unspecified atom stereocenters. The van der Waals surface area contributed by atoms with E-state index in [1.807, 2.05) is 6.07 Å². The molecule has 2 N–H and O–H groups in total. The van der Waals surface area contributed by atoms with Gasteiger partial charge in [0.25, 0.3) is 0 Å². The van der Waals surface area contributed by atoms with Gasteiger partial charge in [-0.2, -0.15) is 10.1 Å². The van der Waals surface area contributed by atoms with Crippen molar-refractivity contribution in [2.75, 3.05) is 30.9 Å². The molecular weight excluding hydrogens is 266 g/mol. The normalized spacial score (nSPS) is 10.4. The van der Waals surface area contributed by atoms with E-state index >= 15 is 0 Å². The molecule has 1 aromatic heterocycles. The van der Waals surface area contributed by atoms with E-state index in [0.29, 0.717) is 18.4 Å². The Labute approximate surface area is 125 Å². The van der Waals surface area contributed by atoms with E-state index in [1.54, 1.807) is 13.3 Å². The standard InChI is InChI=1S/C15H21N5O/c1-11-5-6-13(12(2)9-11)18-14-10-17-20-15(19-14)16-7-4-8-21-3/h5-6,9-10H,4,7-8H2,1-3H3,(H2,16,18,19,20). The van der Waals surface area contributed by atoms with Gasteiger partial charge in [0.05, 0.1) is 6.20 Å². The number of aryl methyl sites for hydroxylation is 2. The monoisotopic (exact) mass is 287 g/mol. The molecule has 21 heavy (non-hydrogen) atoms. The molecule has 0 aliphatic rings. The van der Waals surface area contributed by atoms with E-state index < -0.39 is 0 Å². The summed E-state index contributed by atoms with van der Waals surface area (Å²) in [6.45, 7) is 5.60. The fraction of sp³-hybridized carbons (Fsp3) is 0.400. The zero-order valence-corrected chi connectivity index (χ0v) is 12.7. The maximum Gasteiger partial charge on any atom is 0.244 e. The maximum atomic E-state index is 5.00. The summed E-state index contributed by atoms with van der Waals surface area (Å²) in [4.78, 5) is 4.39. The first-order valence-corrected chi connectivity index (χ1v) is 6.96. The van der Waals surface area contributed by atoms with Crippen LogP contribution in [-0.2, 0) is 4.74 Å². The highest BCUT2D eigenvalue weighted by Crippen LogP contribution is 2.20. The predicted octanol–water partition coefficient (Wildman–Crippen LogP) is 2.68. The summed E-state index contributed by atoms with van der Waals surface area (Å²) in [5.74, 6) is 1.19. The average Bonchev–Trinajstić information content (AvgIpc) is 2.47. The van der Waals surface area contributed by atoms with Crippen molar-refractivity contribution in [3.63, 3.8) is 0 Å². The van der Waals surface area contributed by atoms with Gasteiger partial charge in [-0.05, 0) is 31.9 Å². The lowest BCUT2D eigenvalue weighted by atomic mass is 10.1. The van der Waals surface area contributed by atoms with E-state index in [9.17, 15) is 0 Å². The topological polar surface area (TPSA) is 72.0 Å². The molecule has 0 saturated carbocycles. The third kappa shape index (κ3) is 4.68. The number of rotatable bonds is 7. The van der Waals surface area contributed by atoms with Crippen molar-refractivity contribution >= 4 is 17.5 Å². The van der Waals surface area contributed by atoms with Gasteiger partial charge in [0.1, 0.15) is 0 Å². The second-order valence-electron chi connectivity index (χ2n) is 4.88. The molecule has 0 atom stereocenters. The zero-order valence-electron chi connectivity index (χ0n) is 12.7. The second kappa shape index (κ2) is 7.54. The van der Waals surface area contributed by atoms with E-state index in [4.69, 9.17) is 4.74 Å². The van der Waals surface area contributed by atoms with Crippen LogP contribution in [0.25, 0.3) is 0 Å². The Kier molecular flexibility index (Phi) is 5.45. The van der Waals surface area contributed by atoms with Crippen LogP contribution in [0.3, 0.4) is 0 Å². The average molecular weight is 287 g/mol. The molecule has 2 rings (SSSR count). The van der Waals surface area contributed by atoms with Crippen LogP contribution in [0.4, 0.5) is 17.5 Å². The number of ether oxygens (including phenoxy) is 1. The van der Waals surface area contributed by atoms with Crippen LogP contribution in [0, 0.1) is 13.8 Å². The fourth-order valence-corrected chi connectivity index (χ4v) is 1.95. The summed E-state index contributed by atoms with van der Waals surface area (Å²) in [5, 5.41) is 14.3. The molecular formula is C15H21N5O. The van der Waals surface area contributed by atoms with Gasteiger partial charge in [-0.25, -0.2) is 0 Å². The van der Waals surface area contributed by atoms with Gasteiger partial charge in [-0.15, -0.1) is 5.10 Å². The predicted molar refractivity (Wildman–Crippen MR) is 84.0 cm³/mol. The Morgan fingerprint density at radius 1 is 1.24 bits per heavy atom. The van der Waals surface area contributed by atoms with Crippen molar-refractivity contribution in [3.8, 4) is 0 Å². The Balaban J connectivity index is 2.00. The maximum absolute atomic E-state index is 5.00. The lowest BCUT2D eigenvalue weighted by Crippen LogP contribution is -2.09. The number of benzene rings is 1. The zero-order chi connectivity index (χ0) is 15.1. The van der Waals surface area contributed by atoms with Gasteiger partial charge >= 0.3 is 0 Å². The van der Waals surface area contributed by atoms with Crippen LogP contribution >= 0.6 is 0 Å². The van der Waals surface area contributed by atoms with Crippen molar-refractivity contribution in [1.82, 2.24) is 15.2 Å². The Bertz CT molecular complexity index is 588. The lowest BCUT2D eigenvalue weighted by Gasteiger charge is -2.10. The summed E-state index contributed by atoms with van der Waals surface area (Å²) in [6.07, 6.45) is 2.51. The van der Waals surface area contributed by atoms with Gasteiger partial charge in [0, 0.05) is 25.9 Å². The van der Waals surface area contributed by atoms with Gasteiger partial charge in [0.15, 0.2) is 5.82 Å². The second-order valence-corrected chi connectivity index (χ2v) is 4.88. The largest absolute Gasteiger partial charge is 0.385 e. The minimum atomic E-state index is 0.515. The summed E-state index contributed by atoms with van der Waals surface area (Å²) in [7, 11) is 1.69. The Hall–Kier alpha value is -2.21. The molecule has 112 valence electrons. The minimum Gasteiger partial charge on any atom is -0.385 e. The number of nitrogens with one attached hydrogen (secondary N) is 2. The highest BCUT2D eigenvalue weighted by molar-refractivity contribution is 5.60. The van der Waals surface area contributed by atoms with E-state index in [2.05, 4.69) is 51.8 Å². The molecule has 1 aromatic carbocycles. The smallest absolute Gasteiger partial charge is 0.244 e. The molecule has 0 saturated heterocycles. The van der Waals surface area contributed by atoms with E-state index in [1.165, 1.54) is 11.1 Å². The highest BCUT2D eigenvalue weighted by atomic mass is 16.5. The van der Waals surface area contributed by atoms with Crippen LogP contribution in [0.2, 0.25) is 0 Å². The van der Waals surface area contributed by atoms with Crippen LogP contribution in [0.5, 0.6) is 0 Å². The molecule has 0 spiro atoms. The first-order chi connectivity index (χ1) is 10.2. The first kappa shape index (κ1) is 15.2. The summed E-state index contributed by atoms with van der Waals surface area (Å²) in [5.41, 5.74) is 3.43. The third-order valence-electron chi connectivity index (χ3n) is 3.01. The van der Waals surface area contributed by atoms with Crippen molar-refractivity contribution in [1.29, 1.82) is 0 Å². The number of hydrogen-bond acceptors (Lipinski definition) is 6. The molecule has 6 heteroatoms. The van der Waals surface area contributed by atoms with Gasteiger partial charge in [0.2, 0.25) is 5.95 Å². The van der Waals surface area contributed by atoms with Crippen molar-refractivity contribution in [2.24, 2.45) is 0 Å². The number of anilines is 3. The highest BCUT2D eigenvalue weighted by Gasteiger charge is 2.03. The van der Waals surface area contributed by atoms with Crippen LogP contribution < -0.4 is 10.6 Å². The fourth-order valence-electron chi connectivity index (χ4n) is 1.95. The van der Waals surface area contributed by atoms with Crippen molar-refractivity contribution in [3.05, 3.63) is 35.5 Å². The SMILES string of the molecule is COCCCNc1nncc(Nc2ccc(C)cc2C)n1. The molecule has 0 bridgehead atoms. The Morgan fingerprint density at radius 2 is 2.10 bits per heavy atom. The first-order valence-electron chi connectivity index (χ1n) is 6.96. The van der Waals surface area contributed by atoms with Crippen molar-refractivity contribution < 1.29 is 4.74 Å². The minimum absolute atomic E-state index is 0.515. The quantitative estimate of drug-likeness (QED) is 0.763. The number of hydrogen-bond donors (Lipinski definition) is 2. The lowest BCUT2D eigenvalue weighted by molar-refractivity contribution is 0.197. The van der Waals surface area contributed by atoms with Gasteiger partial charge in [-0.1, -0.05) is 17.7 Å².